The molecule has 4 heterocycles. The number of hydrogen-bond donors (Lipinski definition) is 1. The van der Waals surface area contributed by atoms with E-state index in [0.29, 0.717) is 58.8 Å². The van der Waals surface area contributed by atoms with Gasteiger partial charge in [-0.05, 0) is 18.4 Å². The molecule has 4 fully saturated rings. The van der Waals surface area contributed by atoms with E-state index < -0.39 is 35.6 Å². The summed E-state index contributed by atoms with van der Waals surface area (Å²) in [6, 6.07) is 8.16. The second-order valence-electron chi connectivity index (χ2n) is 12.2. The van der Waals surface area contributed by atoms with Crippen molar-refractivity contribution in [2.75, 3.05) is 59.1 Å². The molecule has 7 atom stereocenters. The molecule has 0 aromatic heterocycles. The lowest BCUT2D eigenvalue weighted by atomic mass is 9.70. The summed E-state index contributed by atoms with van der Waals surface area (Å²) in [5, 5.41) is 10.4. The molecule has 1 aromatic rings. The Hall–Kier alpha value is -2.57. The summed E-state index contributed by atoms with van der Waals surface area (Å²) in [6.07, 6.45) is 3.69. The summed E-state index contributed by atoms with van der Waals surface area (Å²) < 4.78 is 12.2. The molecule has 0 aliphatic carbocycles. The number of halogens is 1. The van der Waals surface area contributed by atoms with Crippen LogP contribution in [0.5, 0.6) is 0 Å². The molecular formula is C33H45BrN4O6. The Morgan fingerprint density at radius 2 is 1.82 bits per heavy atom. The fraction of sp³-hybridized carbons (Fsp3) is 0.606. The van der Waals surface area contributed by atoms with Gasteiger partial charge in [-0.3, -0.25) is 19.3 Å². The van der Waals surface area contributed by atoms with E-state index >= 15 is 0 Å². The number of aliphatic hydroxyl groups excluding tert-OH is 1. The maximum Gasteiger partial charge on any atom is 0.248 e. The number of aliphatic hydroxyl groups is 1. The van der Waals surface area contributed by atoms with Gasteiger partial charge in [-0.15, -0.1) is 13.2 Å². The van der Waals surface area contributed by atoms with Gasteiger partial charge in [-0.2, -0.15) is 0 Å². The predicted octanol–water partition coefficient (Wildman–Crippen LogP) is 2.07. The zero-order chi connectivity index (χ0) is 31.4. The van der Waals surface area contributed by atoms with Crippen LogP contribution in [0.4, 0.5) is 0 Å². The molecule has 11 heteroatoms. The molecule has 5 rings (SSSR count). The van der Waals surface area contributed by atoms with Crippen molar-refractivity contribution >= 4 is 33.7 Å². The third-order valence-electron chi connectivity index (χ3n) is 9.65. The minimum absolute atomic E-state index is 0.191. The Morgan fingerprint density at radius 1 is 1.14 bits per heavy atom. The smallest absolute Gasteiger partial charge is 0.248 e. The number of carbonyl (C=O) groups is 3. The van der Waals surface area contributed by atoms with Gasteiger partial charge in [0.2, 0.25) is 17.7 Å². The van der Waals surface area contributed by atoms with E-state index in [9.17, 15) is 19.5 Å². The van der Waals surface area contributed by atoms with Crippen molar-refractivity contribution in [3.05, 3.63) is 61.2 Å². The van der Waals surface area contributed by atoms with Crippen molar-refractivity contribution in [2.45, 2.75) is 54.9 Å². The predicted molar refractivity (Wildman–Crippen MR) is 170 cm³/mol. The highest BCUT2D eigenvalue weighted by molar-refractivity contribution is 9.09. The number of benzene rings is 1. The lowest BCUT2D eigenvalue weighted by Crippen LogP contribution is -2.59. The minimum Gasteiger partial charge on any atom is -0.394 e. The molecule has 1 aromatic carbocycles. The first kappa shape index (κ1) is 32.8. The van der Waals surface area contributed by atoms with E-state index in [-0.39, 0.29) is 29.2 Å². The first-order chi connectivity index (χ1) is 21.3. The van der Waals surface area contributed by atoms with Crippen molar-refractivity contribution in [3.8, 4) is 0 Å². The molecule has 4 saturated heterocycles. The second-order valence-corrected chi connectivity index (χ2v) is 13.3. The van der Waals surface area contributed by atoms with Crippen molar-refractivity contribution in [1.82, 2.24) is 19.6 Å². The summed E-state index contributed by atoms with van der Waals surface area (Å²) in [5.74, 6) is -2.34. The number of nitrogens with zero attached hydrogens (tertiary/aromatic N) is 4. The van der Waals surface area contributed by atoms with Crippen LogP contribution in [-0.2, 0) is 30.4 Å². The van der Waals surface area contributed by atoms with E-state index in [2.05, 4.69) is 34.0 Å². The van der Waals surface area contributed by atoms with Crippen LogP contribution in [0.15, 0.2) is 55.6 Å². The van der Waals surface area contributed by atoms with E-state index in [1.807, 2.05) is 37.3 Å². The van der Waals surface area contributed by atoms with Crippen LogP contribution in [0.3, 0.4) is 0 Å². The summed E-state index contributed by atoms with van der Waals surface area (Å²) in [7, 11) is 0. The van der Waals surface area contributed by atoms with Crippen LogP contribution in [0.25, 0.3) is 0 Å². The zero-order valence-electron chi connectivity index (χ0n) is 25.6. The Labute approximate surface area is 268 Å². The molecule has 1 spiro atoms. The van der Waals surface area contributed by atoms with Crippen LogP contribution < -0.4 is 0 Å². The van der Waals surface area contributed by atoms with Crippen molar-refractivity contribution in [1.29, 1.82) is 0 Å². The fourth-order valence-electron chi connectivity index (χ4n) is 7.55. The SMILES string of the molecule is C=CCN(CCN1CCOCC1)C(=O)C1N([C@@H](CC)CO)C(=O)[C@@H]2[C@H](C(=O)N(CC=C)Cc3ccccc3)[C@H]3OC12CC3Br. The van der Waals surface area contributed by atoms with Crippen LogP contribution in [0.1, 0.15) is 25.3 Å². The number of ether oxygens (including phenoxy) is 2. The third-order valence-corrected chi connectivity index (χ3v) is 10.5. The number of likely N-dealkylation sites (tertiary alicyclic amines) is 1. The largest absolute Gasteiger partial charge is 0.394 e. The molecule has 1 N–H and O–H groups in total. The first-order valence-electron chi connectivity index (χ1n) is 15.7. The number of fused-ring (bicyclic) bond motifs is 1. The first-order valence-corrected chi connectivity index (χ1v) is 16.6. The second kappa shape index (κ2) is 14.2. The number of alkyl halides is 1. The van der Waals surface area contributed by atoms with Gasteiger partial charge in [0.1, 0.15) is 11.6 Å². The van der Waals surface area contributed by atoms with E-state index in [4.69, 9.17) is 9.47 Å². The molecule has 3 amide bonds. The number of amides is 3. The fourth-order valence-corrected chi connectivity index (χ4v) is 8.49. The van der Waals surface area contributed by atoms with Crippen LogP contribution in [0, 0.1) is 11.8 Å². The molecule has 2 bridgehead atoms. The Bertz CT molecular complexity index is 1210. The topological polar surface area (TPSA) is 103 Å². The third kappa shape index (κ3) is 6.01. The normalized spacial score (nSPS) is 30.2. The molecule has 3 unspecified atom stereocenters. The highest BCUT2D eigenvalue weighted by atomic mass is 79.9. The maximum atomic E-state index is 14.6. The van der Waals surface area contributed by atoms with Crippen molar-refractivity contribution in [3.63, 3.8) is 0 Å². The van der Waals surface area contributed by atoms with Gasteiger partial charge in [0.15, 0.2) is 0 Å². The monoisotopic (exact) mass is 672 g/mol. The minimum atomic E-state index is -1.19. The Balaban J connectivity index is 1.49. The Kier molecular flexibility index (Phi) is 10.6. The molecule has 4 aliphatic rings. The highest BCUT2D eigenvalue weighted by Gasteiger charge is 2.77. The lowest BCUT2D eigenvalue weighted by molar-refractivity contribution is -0.152. The lowest BCUT2D eigenvalue weighted by Gasteiger charge is -2.40. The van der Waals surface area contributed by atoms with E-state index in [1.54, 1.807) is 26.9 Å². The Morgan fingerprint density at radius 3 is 2.45 bits per heavy atom. The van der Waals surface area contributed by atoms with Gasteiger partial charge in [0.05, 0.1) is 43.8 Å². The summed E-state index contributed by atoms with van der Waals surface area (Å²) in [6.45, 7) is 14.4. The standard InChI is InChI=1S/C33H45BrN4O6/c1-4-12-36(15-14-35-16-18-43-19-17-35)32(42)29-33-20-25(34)28(44-33)26(27(33)31(41)38(29)24(6-3)22-39)30(40)37(13-5-2)21-23-10-8-7-9-11-23/h4-5,7-11,24-29,39H,1-2,6,12-22H2,3H3/t24-,25?,26-,27-,28-,29?,33?/m0/s1. The number of carbonyl (C=O) groups excluding carboxylic acids is 3. The van der Waals surface area contributed by atoms with Gasteiger partial charge in [-0.1, -0.05) is 65.3 Å². The molecule has 240 valence electrons. The van der Waals surface area contributed by atoms with Gasteiger partial charge < -0.3 is 29.3 Å². The molecule has 0 saturated carbocycles. The molecule has 0 radical (unpaired) electrons. The number of rotatable bonds is 14. The van der Waals surface area contributed by atoms with E-state index in [1.165, 1.54) is 0 Å². The quantitative estimate of drug-likeness (QED) is 0.239. The van der Waals surface area contributed by atoms with Gasteiger partial charge in [-0.25, -0.2) is 0 Å². The average molecular weight is 674 g/mol. The summed E-state index contributed by atoms with van der Waals surface area (Å²) in [5.41, 5.74) is -0.225. The van der Waals surface area contributed by atoms with Gasteiger partial charge >= 0.3 is 0 Å². The molecule has 44 heavy (non-hydrogen) atoms. The van der Waals surface area contributed by atoms with Crippen LogP contribution in [0.2, 0.25) is 0 Å². The summed E-state index contributed by atoms with van der Waals surface area (Å²) in [4.78, 5) is 50.6. The summed E-state index contributed by atoms with van der Waals surface area (Å²) >= 11 is 3.77. The zero-order valence-corrected chi connectivity index (χ0v) is 27.1. The van der Waals surface area contributed by atoms with Crippen LogP contribution >= 0.6 is 15.9 Å². The van der Waals surface area contributed by atoms with E-state index in [0.717, 1.165) is 18.7 Å². The molecular weight excluding hydrogens is 628 g/mol. The van der Waals surface area contributed by atoms with Gasteiger partial charge in [0.25, 0.3) is 0 Å². The molecule has 10 nitrogen and oxygen atoms in total. The maximum absolute atomic E-state index is 14.6. The molecule has 4 aliphatic heterocycles. The highest BCUT2D eigenvalue weighted by Crippen LogP contribution is 2.61. The van der Waals surface area contributed by atoms with Gasteiger partial charge in [0, 0.05) is 50.6 Å². The van der Waals surface area contributed by atoms with Crippen LogP contribution in [-0.4, -0.2) is 130 Å². The number of morpholine rings is 1. The van der Waals surface area contributed by atoms with Crippen molar-refractivity contribution < 1.29 is 29.0 Å². The average Bonchev–Trinajstić information content (AvgIpc) is 3.63. The van der Waals surface area contributed by atoms with Crippen molar-refractivity contribution in [2.24, 2.45) is 11.8 Å². The number of hydrogen-bond acceptors (Lipinski definition) is 7.